The SMILES string of the molecule is COCCOCCCOc1ccc(C(=O)O)cc1. The van der Waals surface area contributed by atoms with Crippen molar-refractivity contribution >= 4 is 5.97 Å². The molecule has 0 heterocycles. The first-order valence-electron chi connectivity index (χ1n) is 5.77. The zero-order valence-electron chi connectivity index (χ0n) is 10.4. The van der Waals surface area contributed by atoms with E-state index in [0.717, 1.165) is 6.42 Å². The maximum atomic E-state index is 10.6. The molecule has 0 atom stereocenters. The van der Waals surface area contributed by atoms with Gasteiger partial charge in [0.25, 0.3) is 0 Å². The number of methoxy groups -OCH3 is 1. The van der Waals surface area contributed by atoms with Crippen molar-refractivity contribution in [1.29, 1.82) is 0 Å². The van der Waals surface area contributed by atoms with Crippen LogP contribution in [0.1, 0.15) is 16.8 Å². The molecule has 100 valence electrons. The van der Waals surface area contributed by atoms with Gasteiger partial charge in [-0.15, -0.1) is 0 Å². The number of carboxylic acid groups (broad SMARTS) is 1. The predicted molar refractivity (Wildman–Crippen MR) is 66.2 cm³/mol. The molecular formula is C13H18O5. The van der Waals surface area contributed by atoms with Crippen LogP contribution in [0.5, 0.6) is 5.75 Å². The lowest BCUT2D eigenvalue weighted by Crippen LogP contribution is -2.06. The highest BCUT2D eigenvalue weighted by Crippen LogP contribution is 2.12. The molecule has 0 saturated carbocycles. The smallest absolute Gasteiger partial charge is 0.335 e. The molecule has 0 aliphatic rings. The van der Waals surface area contributed by atoms with Gasteiger partial charge in [-0.25, -0.2) is 4.79 Å². The van der Waals surface area contributed by atoms with Crippen LogP contribution in [0.15, 0.2) is 24.3 Å². The van der Waals surface area contributed by atoms with Crippen molar-refractivity contribution < 1.29 is 24.1 Å². The Kier molecular flexibility index (Phi) is 6.83. The normalized spacial score (nSPS) is 10.3. The van der Waals surface area contributed by atoms with E-state index in [2.05, 4.69) is 0 Å². The average molecular weight is 254 g/mol. The van der Waals surface area contributed by atoms with Gasteiger partial charge in [-0.05, 0) is 24.3 Å². The fourth-order valence-corrected chi connectivity index (χ4v) is 1.29. The molecule has 0 unspecified atom stereocenters. The third kappa shape index (κ3) is 5.65. The van der Waals surface area contributed by atoms with Crippen LogP contribution >= 0.6 is 0 Å². The number of ether oxygens (including phenoxy) is 3. The summed E-state index contributed by atoms with van der Waals surface area (Å²) in [5.74, 6) is -0.273. The van der Waals surface area contributed by atoms with Gasteiger partial charge < -0.3 is 19.3 Å². The third-order valence-corrected chi connectivity index (χ3v) is 2.23. The monoisotopic (exact) mass is 254 g/mol. The van der Waals surface area contributed by atoms with E-state index in [0.29, 0.717) is 32.2 Å². The summed E-state index contributed by atoms with van der Waals surface area (Å²) in [6, 6.07) is 6.34. The van der Waals surface area contributed by atoms with Gasteiger partial charge in [0, 0.05) is 20.1 Å². The number of hydrogen-bond acceptors (Lipinski definition) is 4. The van der Waals surface area contributed by atoms with Crippen molar-refractivity contribution in [1.82, 2.24) is 0 Å². The van der Waals surface area contributed by atoms with E-state index in [-0.39, 0.29) is 5.56 Å². The van der Waals surface area contributed by atoms with Crippen LogP contribution in [0.2, 0.25) is 0 Å². The van der Waals surface area contributed by atoms with Crippen LogP contribution in [-0.4, -0.2) is 44.6 Å². The van der Waals surface area contributed by atoms with Gasteiger partial charge in [0.05, 0.1) is 25.4 Å². The molecule has 0 bridgehead atoms. The van der Waals surface area contributed by atoms with Crippen molar-refractivity contribution in [2.24, 2.45) is 0 Å². The van der Waals surface area contributed by atoms with E-state index < -0.39 is 5.97 Å². The Bertz CT molecular complexity index is 347. The summed E-state index contributed by atoms with van der Waals surface area (Å²) in [5.41, 5.74) is 0.255. The molecule has 1 aromatic carbocycles. The quantitative estimate of drug-likeness (QED) is 0.681. The highest BCUT2D eigenvalue weighted by molar-refractivity contribution is 5.87. The van der Waals surface area contributed by atoms with Crippen LogP contribution in [-0.2, 0) is 9.47 Å². The summed E-state index contributed by atoms with van der Waals surface area (Å²) in [5, 5.41) is 8.73. The number of rotatable bonds is 9. The maximum Gasteiger partial charge on any atom is 0.335 e. The summed E-state index contributed by atoms with van der Waals surface area (Å²) in [7, 11) is 1.63. The lowest BCUT2D eigenvalue weighted by Gasteiger charge is -2.07. The predicted octanol–water partition coefficient (Wildman–Crippen LogP) is 1.82. The molecule has 0 aliphatic heterocycles. The first kappa shape index (κ1) is 14.5. The van der Waals surface area contributed by atoms with Crippen LogP contribution in [0.25, 0.3) is 0 Å². The number of hydrogen-bond donors (Lipinski definition) is 1. The fourth-order valence-electron chi connectivity index (χ4n) is 1.29. The third-order valence-electron chi connectivity index (χ3n) is 2.23. The van der Waals surface area contributed by atoms with Crippen molar-refractivity contribution in [2.75, 3.05) is 33.5 Å². The molecule has 1 N–H and O–H groups in total. The maximum absolute atomic E-state index is 10.6. The lowest BCUT2D eigenvalue weighted by molar-refractivity contribution is 0.0644. The largest absolute Gasteiger partial charge is 0.494 e. The molecule has 5 nitrogen and oxygen atoms in total. The average Bonchev–Trinajstić information content (AvgIpc) is 2.38. The summed E-state index contributed by atoms with van der Waals surface area (Å²) >= 11 is 0. The Morgan fingerprint density at radius 3 is 2.44 bits per heavy atom. The van der Waals surface area contributed by atoms with Gasteiger partial charge in [-0.3, -0.25) is 0 Å². The minimum atomic E-state index is -0.937. The fraction of sp³-hybridized carbons (Fsp3) is 0.462. The Morgan fingerprint density at radius 1 is 1.11 bits per heavy atom. The molecule has 5 heteroatoms. The minimum absolute atomic E-state index is 0.255. The molecule has 0 fully saturated rings. The summed E-state index contributed by atoms with van der Waals surface area (Å²) in [6.45, 7) is 2.34. The van der Waals surface area contributed by atoms with Crippen molar-refractivity contribution in [2.45, 2.75) is 6.42 Å². The molecule has 0 spiro atoms. The van der Waals surface area contributed by atoms with Crippen LogP contribution < -0.4 is 4.74 Å². The van der Waals surface area contributed by atoms with Crippen molar-refractivity contribution in [3.8, 4) is 5.75 Å². The molecule has 0 amide bonds. The van der Waals surface area contributed by atoms with Gasteiger partial charge in [-0.2, -0.15) is 0 Å². The second kappa shape index (κ2) is 8.49. The Labute approximate surface area is 106 Å². The van der Waals surface area contributed by atoms with E-state index in [1.54, 1.807) is 19.2 Å². The first-order valence-corrected chi connectivity index (χ1v) is 5.77. The standard InChI is InChI=1S/C13H18O5/c1-16-9-10-17-7-2-8-18-12-5-3-11(4-6-12)13(14)15/h3-6H,2,7-10H2,1H3,(H,14,15). The summed E-state index contributed by atoms with van der Waals surface area (Å²) < 4.78 is 15.6. The minimum Gasteiger partial charge on any atom is -0.494 e. The zero-order chi connectivity index (χ0) is 13.2. The molecule has 1 aromatic rings. The molecule has 18 heavy (non-hydrogen) atoms. The zero-order valence-corrected chi connectivity index (χ0v) is 10.4. The molecule has 0 saturated heterocycles. The Hall–Kier alpha value is -1.59. The Morgan fingerprint density at radius 2 is 1.83 bits per heavy atom. The van der Waals surface area contributed by atoms with Gasteiger partial charge in [0.1, 0.15) is 5.75 Å². The van der Waals surface area contributed by atoms with E-state index in [9.17, 15) is 4.79 Å². The molecule has 0 aromatic heterocycles. The van der Waals surface area contributed by atoms with Gasteiger partial charge in [0.15, 0.2) is 0 Å². The van der Waals surface area contributed by atoms with E-state index in [4.69, 9.17) is 19.3 Å². The summed E-state index contributed by atoms with van der Waals surface area (Å²) in [6.07, 6.45) is 0.782. The van der Waals surface area contributed by atoms with Crippen LogP contribution in [0.4, 0.5) is 0 Å². The highest BCUT2D eigenvalue weighted by atomic mass is 16.5. The number of carbonyl (C=O) groups is 1. The van der Waals surface area contributed by atoms with Gasteiger partial charge in [0.2, 0.25) is 0 Å². The molecule has 1 rings (SSSR count). The molecule has 0 aliphatic carbocycles. The second-order valence-electron chi connectivity index (χ2n) is 3.64. The highest BCUT2D eigenvalue weighted by Gasteiger charge is 2.01. The molecular weight excluding hydrogens is 236 g/mol. The van der Waals surface area contributed by atoms with Crippen molar-refractivity contribution in [3.05, 3.63) is 29.8 Å². The van der Waals surface area contributed by atoms with Crippen LogP contribution in [0.3, 0.4) is 0 Å². The van der Waals surface area contributed by atoms with Crippen molar-refractivity contribution in [3.63, 3.8) is 0 Å². The van der Waals surface area contributed by atoms with E-state index in [1.807, 2.05) is 0 Å². The van der Waals surface area contributed by atoms with E-state index >= 15 is 0 Å². The number of aromatic carboxylic acids is 1. The number of carboxylic acids is 1. The first-order chi connectivity index (χ1) is 8.74. The van der Waals surface area contributed by atoms with Gasteiger partial charge in [-0.1, -0.05) is 0 Å². The van der Waals surface area contributed by atoms with Gasteiger partial charge >= 0.3 is 5.97 Å². The van der Waals surface area contributed by atoms with E-state index in [1.165, 1.54) is 12.1 Å². The topological polar surface area (TPSA) is 65.0 Å². The number of benzene rings is 1. The molecule has 0 radical (unpaired) electrons. The Balaban J connectivity index is 2.14. The van der Waals surface area contributed by atoms with Crippen LogP contribution in [0, 0.1) is 0 Å². The second-order valence-corrected chi connectivity index (χ2v) is 3.64. The summed E-state index contributed by atoms with van der Waals surface area (Å²) in [4.78, 5) is 10.6. The lowest BCUT2D eigenvalue weighted by atomic mass is 10.2.